The molecule has 0 aliphatic carbocycles. The fraction of sp³-hybridized carbons (Fsp3) is 0.0556. The van der Waals surface area contributed by atoms with E-state index in [4.69, 9.17) is 0 Å². The third-order valence-electron chi connectivity index (χ3n) is 3.65. The van der Waals surface area contributed by atoms with Gasteiger partial charge in [-0.05, 0) is 99.4 Å². The molecule has 6 nitrogen and oxygen atoms in total. The molecule has 1 aliphatic rings. The summed E-state index contributed by atoms with van der Waals surface area (Å²) in [6.07, 6.45) is 1.45. The Morgan fingerprint density at radius 2 is 1.89 bits per heavy atom. The molecule has 10 heteroatoms. The Bertz CT molecular complexity index is 1010. The number of amides is 3. The molecule has 144 valence electrons. The smallest absolute Gasteiger partial charge is 0.294 e. The number of benzene rings is 2. The normalized spacial score (nSPS) is 15.4. The van der Waals surface area contributed by atoms with E-state index in [-0.39, 0.29) is 17.2 Å². The fourth-order valence-corrected chi connectivity index (χ4v) is 5.09. The van der Waals surface area contributed by atoms with Gasteiger partial charge in [0, 0.05) is 19.3 Å². The average molecular weight is 685 g/mol. The number of nitrogens with one attached hydrogen (secondary N) is 1. The maximum atomic E-state index is 12.6. The van der Waals surface area contributed by atoms with Crippen molar-refractivity contribution in [1.29, 1.82) is 0 Å². The van der Waals surface area contributed by atoms with Crippen LogP contribution in [0.2, 0.25) is 0 Å². The first kappa shape index (κ1) is 21.6. The van der Waals surface area contributed by atoms with Crippen LogP contribution in [0.3, 0.4) is 0 Å². The van der Waals surface area contributed by atoms with Crippen LogP contribution in [0.25, 0.3) is 6.08 Å². The highest BCUT2D eigenvalue weighted by Gasteiger charge is 2.36. The molecule has 1 fully saturated rings. The van der Waals surface area contributed by atoms with E-state index in [0.717, 1.165) is 24.7 Å². The average Bonchev–Trinajstić information content (AvgIpc) is 2.88. The highest BCUT2D eigenvalue weighted by atomic mass is 127. The molecule has 2 aromatic carbocycles. The molecule has 0 bridgehead atoms. The van der Waals surface area contributed by atoms with Gasteiger partial charge in [-0.3, -0.25) is 19.3 Å². The van der Waals surface area contributed by atoms with Gasteiger partial charge in [-0.2, -0.15) is 0 Å². The Balaban J connectivity index is 1.74. The predicted octanol–water partition coefficient (Wildman–Crippen LogP) is 5.04. The van der Waals surface area contributed by atoms with Gasteiger partial charge in [0.15, 0.2) is 0 Å². The van der Waals surface area contributed by atoms with Crippen molar-refractivity contribution in [2.75, 3.05) is 11.9 Å². The molecule has 28 heavy (non-hydrogen) atoms. The number of hydrogen-bond acceptors (Lipinski definition) is 5. The topological polar surface area (TPSA) is 86.7 Å². The molecule has 1 saturated heterocycles. The second kappa shape index (κ2) is 9.13. The van der Waals surface area contributed by atoms with Crippen LogP contribution in [-0.2, 0) is 9.59 Å². The van der Waals surface area contributed by atoms with Crippen molar-refractivity contribution >= 4 is 102 Å². The third kappa shape index (κ3) is 5.07. The maximum Gasteiger partial charge on any atom is 0.294 e. The van der Waals surface area contributed by atoms with Gasteiger partial charge in [-0.1, -0.05) is 15.9 Å². The molecule has 0 spiro atoms. The molecule has 1 heterocycles. The van der Waals surface area contributed by atoms with Crippen molar-refractivity contribution in [3.05, 3.63) is 58.5 Å². The summed E-state index contributed by atoms with van der Waals surface area (Å²) in [5, 5.41) is 12.3. The van der Waals surface area contributed by atoms with Crippen LogP contribution in [0.15, 0.2) is 45.8 Å². The zero-order chi connectivity index (χ0) is 20.4. The number of phenols is 1. The lowest BCUT2D eigenvalue weighted by Gasteiger charge is -2.12. The zero-order valence-electron chi connectivity index (χ0n) is 13.9. The van der Waals surface area contributed by atoms with E-state index in [1.165, 1.54) is 6.08 Å². The number of anilines is 1. The Hall–Kier alpha value is -1.12. The molecule has 2 aromatic rings. The molecule has 1 aliphatic heterocycles. The zero-order valence-corrected chi connectivity index (χ0v) is 20.6. The number of thioether (sulfide) groups is 1. The first-order chi connectivity index (χ1) is 13.2. The van der Waals surface area contributed by atoms with Gasteiger partial charge in [-0.25, -0.2) is 0 Å². The van der Waals surface area contributed by atoms with Crippen LogP contribution < -0.4 is 5.32 Å². The summed E-state index contributed by atoms with van der Waals surface area (Å²) in [5.41, 5.74) is 0.995. The summed E-state index contributed by atoms with van der Waals surface area (Å²) in [6.45, 7) is -0.379. The van der Waals surface area contributed by atoms with Gasteiger partial charge in [0.05, 0.1) is 8.48 Å². The predicted molar refractivity (Wildman–Crippen MR) is 129 cm³/mol. The second-order valence-corrected chi connectivity index (χ2v) is 9.97. The molecule has 0 aromatic heterocycles. The van der Waals surface area contributed by atoms with Crippen LogP contribution in [0.5, 0.6) is 5.75 Å². The lowest BCUT2D eigenvalue weighted by atomic mass is 10.2. The number of nitrogens with zero attached hydrogens (tertiary/aromatic N) is 1. The molecule has 0 unspecified atom stereocenters. The Labute approximate surface area is 200 Å². The van der Waals surface area contributed by atoms with Crippen LogP contribution in [0.4, 0.5) is 10.5 Å². The van der Waals surface area contributed by atoms with Crippen molar-refractivity contribution in [1.82, 2.24) is 4.90 Å². The number of carbonyl (C=O) groups excluding carboxylic acids is 3. The second-order valence-electron chi connectivity index (χ2n) is 5.65. The summed E-state index contributed by atoms with van der Waals surface area (Å²) < 4.78 is 2.36. The highest BCUT2D eigenvalue weighted by molar-refractivity contribution is 14.1. The van der Waals surface area contributed by atoms with E-state index in [1.54, 1.807) is 24.3 Å². The van der Waals surface area contributed by atoms with Crippen LogP contribution in [0, 0.1) is 7.14 Å². The number of halogens is 3. The van der Waals surface area contributed by atoms with Gasteiger partial charge in [-0.15, -0.1) is 0 Å². The summed E-state index contributed by atoms with van der Waals surface area (Å²) in [4.78, 5) is 38.0. The Morgan fingerprint density at radius 3 is 2.57 bits per heavy atom. The number of hydrogen-bond donors (Lipinski definition) is 2. The van der Waals surface area contributed by atoms with E-state index in [9.17, 15) is 19.5 Å². The Morgan fingerprint density at radius 1 is 1.21 bits per heavy atom. The number of carbonyl (C=O) groups is 3. The van der Waals surface area contributed by atoms with Gasteiger partial charge in [0.1, 0.15) is 12.3 Å². The lowest BCUT2D eigenvalue weighted by molar-refractivity contribution is -0.127. The number of imide groups is 1. The molecule has 0 radical (unpaired) electrons. The van der Waals surface area contributed by atoms with Crippen molar-refractivity contribution in [3.8, 4) is 5.75 Å². The molecule has 3 amide bonds. The third-order valence-corrected chi connectivity index (χ3v) is 6.55. The van der Waals surface area contributed by atoms with Gasteiger partial charge in [0.25, 0.3) is 11.1 Å². The van der Waals surface area contributed by atoms with E-state index in [0.29, 0.717) is 14.8 Å². The molecular formula is C18H11BrI2N2O4S. The van der Waals surface area contributed by atoms with Crippen LogP contribution in [-0.4, -0.2) is 33.6 Å². The Kier molecular flexibility index (Phi) is 7.04. The van der Waals surface area contributed by atoms with Crippen molar-refractivity contribution in [2.24, 2.45) is 0 Å². The van der Waals surface area contributed by atoms with Crippen molar-refractivity contribution in [3.63, 3.8) is 0 Å². The first-order valence-corrected chi connectivity index (χ1v) is 11.5. The highest BCUT2D eigenvalue weighted by Crippen LogP contribution is 2.36. The monoisotopic (exact) mass is 684 g/mol. The molecule has 0 saturated carbocycles. The van der Waals surface area contributed by atoms with Crippen molar-refractivity contribution in [2.45, 2.75) is 0 Å². The molecular weight excluding hydrogens is 674 g/mol. The number of phenolic OH excluding ortho intramolecular Hbond substituents is 1. The van der Waals surface area contributed by atoms with Gasteiger partial charge >= 0.3 is 0 Å². The van der Waals surface area contributed by atoms with E-state index in [1.807, 2.05) is 34.7 Å². The minimum Gasteiger partial charge on any atom is -0.506 e. The standard InChI is InChI=1S/C18H11BrI2N2O4S/c19-10-5-9(16(25)13(21)7-10)6-14-17(26)23(18(27)28-14)8-15(24)22-12-3-1-11(20)2-4-12/h1-7,25H,8H2,(H,22,24)/b14-6-. The minimum atomic E-state index is -0.567. The van der Waals surface area contributed by atoms with E-state index >= 15 is 0 Å². The molecule has 2 N–H and O–H groups in total. The van der Waals surface area contributed by atoms with Gasteiger partial charge in [0.2, 0.25) is 5.91 Å². The summed E-state index contributed by atoms with van der Waals surface area (Å²) in [6, 6.07) is 10.5. The molecule has 0 atom stereocenters. The SMILES string of the molecule is O=C(CN1C(=O)S/C(=C\c2cc(Br)cc(I)c2O)C1=O)Nc1ccc(I)cc1. The number of aromatic hydroxyl groups is 1. The van der Waals surface area contributed by atoms with E-state index < -0.39 is 17.1 Å². The molecule has 3 rings (SSSR count). The van der Waals surface area contributed by atoms with Crippen LogP contribution in [0.1, 0.15) is 5.56 Å². The largest absolute Gasteiger partial charge is 0.506 e. The first-order valence-electron chi connectivity index (χ1n) is 7.73. The summed E-state index contributed by atoms with van der Waals surface area (Å²) in [5.74, 6) is -1.01. The lowest BCUT2D eigenvalue weighted by Crippen LogP contribution is -2.36. The van der Waals surface area contributed by atoms with Crippen molar-refractivity contribution < 1.29 is 19.5 Å². The summed E-state index contributed by atoms with van der Waals surface area (Å²) in [7, 11) is 0. The number of rotatable bonds is 4. The van der Waals surface area contributed by atoms with Gasteiger partial charge < -0.3 is 10.4 Å². The van der Waals surface area contributed by atoms with Crippen LogP contribution >= 0.6 is 72.9 Å². The quantitative estimate of drug-likeness (QED) is 0.349. The minimum absolute atomic E-state index is 0.0204. The maximum absolute atomic E-state index is 12.6. The summed E-state index contributed by atoms with van der Waals surface area (Å²) >= 11 is 8.20. The fourth-order valence-electron chi connectivity index (χ4n) is 2.35. The van der Waals surface area contributed by atoms with E-state index in [2.05, 4.69) is 43.8 Å².